The number of aromatic nitrogens is 1. The summed E-state index contributed by atoms with van der Waals surface area (Å²) in [4.78, 5) is 4.65. The highest BCUT2D eigenvalue weighted by molar-refractivity contribution is 5.78. The monoisotopic (exact) mass is 423 g/mol. The average Bonchev–Trinajstić information content (AvgIpc) is 2.81. The van der Waals surface area contributed by atoms with Gasteiger partial charge in [-0.3, -0.25) is 0 Å². The van der Waals surface area contributed by atoms with Crippen molar-refractivity contribution in [1.29, 1.82) is 0 Å². The van der Waals surface area contributed by atoms with Gasteiger partial charge in [0.2, 0.25) is 0 Å². The van der Waals surface area contributed by atoms with E-state index in [1.165, 1.54) is 0 Å². The maximum atomic E-state index is 11.0. The number of hydrogen-bond acceptors (Lipinski definition) is 4. The maximum absolute atomic E-state index is 11.0. The van der Waals surface area contributed by atoms with E-state index in [-0.39, 0.29) is 5.60 Å². The molecule has 0 saturated heterocycles. The molecule has 0 amide bonds. The predicted molar refractivity (Wildman–Crippen MR) is 127 cm³/mol. The Morgan fingerprint density at radius 1 is 0.938 bits per heavy atom. The first-order valence-electron chi connectivity index (χ1n) is 10.7. The molecule has 1 atom stereocenters. The molecule has 0 spiro atoms. The SMILES string of the molecule is CC1(C)C=Cc2cc(C(O)c3cccc(OCc4ccc5ccccc5n4)c3)ccc2O1. The third kappa shape index (κ3) is 4.23. The molecule has 1 aromatic heterocycles. The second-order valence-electron chi connectivity index (χ2n) is 8.60. The Morgan fingerprint density at radius 2 is 1.78 bits per heavy atom. The number of para-hydroxylation sites is 1. The third-order valence-electron chi connectivity index (χ3n) is 5.60. The number of aliphatic hydroxyl groups is 1. The van der Waals surface area contributed by atoms with Gasteiger partial charge in [0.05, 0.1) is 11.2 Å². The highest BCUT2D eigenvalue weighted by Gasteiger charge is 2.22. The molecule has 0 aliphatic carbocycles. The Kier molecular flexibility index (Phi) is 5.16. The number of rotatable bonds is 5. The molecular formula is C28H25NO3. The number of pyridine rings is 1. The minimum absolute atomic E-state index is 0.321. The van der Waals surface area contributed by atoms with Crippen LogP contribution in [0.4, 0.5) is 0 Å². The standard InChI is InChI=1S/C28H25NO3/c1-28(2)15-14-20-16-22(11-13-26(20)32-28)27(30)21-7-5-8-24(17-21)31-18-23-12-10-19-6-3-4-9-25(19)29-23/h3-17,27,30H,18H2,1-2H3. The summed E-state index contributed by atoms with van der Waals surface area (Å²) >= 11 is 0. The van der Waals surface area contributed by atoms with Gasteiger partial charge < -0.3 is 14.6 Å². The van der Waals surface area contributed by atoms with Gasteiger partial charge in [0.1, 0.15) is 29.8 Å². The normalized spacial score (nSPS) is 15.1. The zero-order valence-electron chi connectivity index (χ0n) is 18.2. The molecule has 0 bridgehead atoms. The molecule has 2 heterocycles. The first-order valence-corrected chi connectivity index (χ1v) is 10.7. The van der Waals surface area contributed by atoms with Crippen molar-refractivity contribution in [3.63, 3.8) is 0 Å². The number of benzene rings is 3. The lowest BCUT2D eigenvalue weighted by Crippen LogP contribution is -2.27. The highest BCUT2D eigenvalue weighted by atomic mass is 16.5. The molecular weight excluding hydrogens is 398 g/mol. The number of fused-ring (bicyclic) bond motifs is 2. The van der Waals surface area contributed by atoms with Gasteiger partial charge in [-0.05, 0) is 67.4 Å². The van der Waals surface area contributed by atoms with Crippen LogP contribution < -0.4 is 9.47 Å². The summed E-state index contributed by atoms with van der Waals surface area (Å²) in [7, 11) is 0. The molecule has 0 radical (unpaired) electrons. The molecule has 3 aromatic carbocycles. The molecule has 1 N–H and O–H groups in total. The van der Waals surface area contributed by atoms with Gasteiger partial charge in [-0.2, -0.15) is 0 Å². The fraction of sp³-hybridized carbons (Fsp3) is 0.179. The Labute approximate surface area is 187 Å². The van der Waals surface area contributed by atoms with Crippen LogP contribution in [0, 0.1) is 0 Å². The van der Waals surface area contributed by atoms with E-state index in [2.05, 4.69) is 11.1 Å². The van der Waals surface area contributed by atoms with Crippen LogP contribution in [0.3, 0.4) is 0 Å². The van der Waals surface area contributed by atoms with E-state index in [1.54, 1.807) is 0 Å². The molecule has 0 saturated carbocycles. The van der Waals surface area contributed by atoms with Crippen LogP contribution in [0.2, 0.25) is 0 Å². The molecule has 5 rings (SSSR count). The van der Waals surface area contributed by atoms with Crippen molar-refractivity contribution < 1.29 is 14.6 Å². The lowest BCUT2D eigenvalue weighted by molar-refractivity contribution is 0.158. The quantitative estimate of drug-likeness (QED) is 0.423. The number of aliphatic hydroxyl groups excluding tert-OH is 1. The summed E-state index contributed by atoms with van der Waals surface area (Å²) in [5, 5.41) is 12.1. The molecule has 32 heavy (non-hydrogen) atoms. The summed E-state index contributed by atoms with van der Waals surface area (Å²) < 4.78 is 12.0. The van der Waals surface area contributed by atoms with E-state index >= 15 is 0 Å². The number of hydrogen-bond donors (Lipinski definition) is 1. The van der Waals surface area contributed by atoms with Crippen LogP contribution in [0.1, 0.15) is 42.3 Å². The van der Waals surface area contributed by atoms with Crippen LogP contribution in [0.5, 0.6) is 11.5 Å². The molecule has 4 aromatic rings. The van der Waals surface area contributed by atoms with Gasteiger partial charge in [-0.1, -0.05) is 48.5 Å². The van der Waals surface area contributed by atoms with E-state index in [1.807, 2.05) is 98.8 Å². The largest absolute Gasteiger partial charge is 0.487 e. The van der Waals surface area contributed by atoms with Gasteiger partial charge in [-0.15, -0.1) is 0 Å². The average molecular weight is 424 g/mol. The van der Waals surface area contributed by atoms with Gasteiger partial charge in [0.25, 0.3) is 0 Å². The van der Waals surface area contributed by atoms with Crippen molar-refractivity contribution in [1.82, 2.24) is 4.98 Å². The Hall–Kier alpha value is -3.63. The predicted octanol–water partition coefficient (Wildman–Crippen LogP) is 6.08. The second-order valence-corrected chi connectivity index (χ2v) is 8.60. The summed E-state index contributed by atoms with van der Waals surface area (Å²) in [6.07, 6.45) is 3.32. The fourth-order valence-electron chi connectivity index (χ4n) is 3.88. The zero-order valence-corrected chi connectivity index (χ0v) is 18.2. The molecule has 1 aliphatic heterocycles. The molecule has 1 unspecified atom stereocenters. The van der Waals surface area contributed by atoms with Crippen LogP contribution in [0.25, 0.3) is 17.0 Å². The Morgan fingerprint density at radius 3 is 2.69 bits per heavy atom. The van der Waals surface area contributed by atoms with Crippen molar-refractivity contribution >= 4 is 17.0 Å². The third-order valence-corrected chi connectivity index (χ3v) is 5.60. The van der Waals surface area contributed by atoms with Crippen LogP contribution >= 0.6 is 0 Å². The smallest absolute Gasteiger partial charge is 0.130 e. The minimum atomic E-state index is -0.758. The first kappa shape index (κ1) is 20.3. The van der Waals surface area contributed by atoms with Gasteiger partial charge >= 0.3 is 0 Å². The van der Waals surface area contributed by atoms with Crippen molar-refractivity contribution in [3.8, 4) is 11.5 Å². The highest BCUT2D eigenvalue weighted by Crippen LogP contribution is 2.34. The number of nitrogens with zero attached hydrogens (tertiary/aromatic N) is 1. The number of ether oxygens (including phenoxy) is 2. The summed E-state index contributed by atoms with van der Waals surface area (Å²) in [6, 6.07) is 25.4. The molecule has 160 valence electrons. The fourth-order valence-corrected chi connectivity index (χ4v) is 3.88. The lowest BCUT2D eigenvalue weighted by atomic mass is 9.96. The zero-order chi connectivity index (χ0) is 22.1. The molecule has 4 nitrogen and oxygen atoms in total. The van der Waals surface area contributed by atoms with Gasteiger partial charge in [0.15, 0.2) is 0 Å². The summed E-state index contributed by atoms with van der Waals surface area (Å²) in [5.74, 6) is 1.52. The second kappa shape index (κ2) is 8.13. The molecule has 4 heteroatoms. The molecule has 1 aliphatic rings. The minimum Gasteiger partial charge on any atom is -0.487 e. The van der Waals surface area contributed by atoms with Crippen LogP contribution in [-0.2, 0) is 6.61 Å². The van der Waals surface area contributed by atoms with Crippen molar-refractivity contribution in [3.05, 3.63) is 107 Å². The van der Waals surface area contributed by atoms with E-state index < -0.39 is 6.10 Å². The Bertz CT molecular complexity index is 1310. The first-order chi connectivity index (χ1) is 15.5. The summed E-state index contributed by atoms with van der Waals surface area (Å²) in [5.41, 5.74) is 4.04. The van der Waals surface area contributed by atoms with Gasteiger partial charge in [-0.25, -0.2) is 4.98 Å². The van der Waals surface area contributed by atoms with Crippen molar-refractivity contribution in [2.24, 2.45) is 0 Å². The van der Waals surface area contributed by atoms with E-state index in [4.69, 9.17) is 9.47 Å². The maximum Gasteiger partial charge on any atom is 0.130 e. The van der Waals surface area contributed by atoms with Crippen LogP contribution in [-0.4, -0.2) is 15.7 Å². The summed E-state index contributed by atoms with van der Waals surface area (Å²) in [6.45, 7) is 4.41. The topological polar surface area (TPSA) is 51.6 Å². The Balaban J connectivity index is 1.32. The molecule has 0 fully saturated rings. The lowest BCUT2D eigenvalue weighted by Gasteiger charge is -2.28. The van der Waals surface area contributed by atoms with E-state index in [0.29, 0.717) is 12.4 Å². The van der Waals surface area contributed by atoms with Crippen LogP contribution in [0.15, 0.2) is 84.9 Å². The van der Waals surface area contributed by atoms with E-state index in [9.17, 15) is 5.11 Å². The van der Waals surface area contributed by atoms with Crippen molar-refractivity contribution in [2.75, 3.05) is 0 Å². The van der Waals surface area contributed by atoms with E-state index in [0.717, 1.165) is 39.0 Å². The van der Waals surface area contributed by atoms with Crippen molar-refractivity contribution in [2.45, 2.75) is 32.2 Å². The van der Waals surface area contributed by atoms with Gasteiger partial charge in [0, 0.05) is 10.9 Å².